The number of nitrogens with one attached hydrogen (secondary N) is 1. The monoisotopic (exact) mass is 236 g/mol. The van der Waals surface area contributed by atoms with Crippen LogP contribution >= 0.6 is 0 Å². The van der Waals surface area contributed by atoms with Crippen molar-refractivity contribution >= 4 is 5.91 Å². The molecule has 1 aromatic carbocycles. The third kappa shape index (κ3) is 3.75. The highest BCUT2D eigenvalue weighted by molar-refractivity contribution is 5.81. The van der Waals surface area contributed by atoms with Crippen molar-refractivity contribution in [1.29, 1.82) is 0 Å². The predicted molar refractivity (Wildman–Crippen MR) is 68.1 cm³/mol. The highest BCUT2D eigenvalue weighted by atomic mass is 16.5. The van der Waals surface area contributed by atoms with E-state index in [0.29, 0.717) is 13.0 Å². The largest absolute Gasteiger partial charge is 0.494 e. The molecule has 1 rings (SSSR count). The lowest BCUT2D eigenvalue weighted by Crippen LogP contribution is -2.40. The first kappa shape index (κ1) is 13.5. The molecular formula is C13H20N2O2. The smallest absolute Gasteiger partial charge is 0.237 e. The zero-order valence-corrected chi connectivity index (χ0v) is 10.6. The minimum atomic E-state index is -0.502. The first-order valence-corrected chi connectivity index (χ1v) is 5.78. The van der Waals surface area contributed by atoms with E-state index in [2.05, 4.69) is 5.32 Å². The van der Waals surface area contributed by atoms with Gasteiger partial charge in [-0.2, -0.15) is 0 Å². The molecule has 4 heteroatoms. The van der Waals surface area contributed by atoms with Crippen LogP contribution < -0.4 is 15.8 Å². The van der Waals surface area contributed by atoms with Gasteiger partial charge in [0.15, 0.2) is 0 Å². The van der Waals surface area contributed by atoms with Crippen molar-refractivity contribution < 1.29 is 9.53 Å². The van der Waals surface area contributed by atoms with Gasteiger partial charge in [-0.3, -0.25) is 4.79 Å². The predicted octanol–water partition coefficient (Wildman–Crippen LogP) is 1.01. The summed E-state index contributed by atoms with van der Waals surface area (Å²) < 4.78 is 5.45. The van der Waals surface area contributed by atoms with Gasteiger partial charge in [0.1, 0.15) is 5.75 Å². The first-order valence-electron chi connectivity index (χ1n) is 5.78. The molecule has 0 bridgehead atoms. The molecule has 0 aliphatic heterocycles. The topological polar surface area (TPSA) is 64.3 Å². The molecule has 0 aromatic heterocycles. The molecule has 3 N–H and O–H groups in total. The zero-order chi connectivity index (χ0) is 12.8. The van der Waals surface area contributed by atoms with E-state index >= 15 is 0 Å². The molecule has 0 aliphatic rings. The molecular weight excluding hydrogens is 216 g/mol. The van der Waals surface area contributed by atoms with Crippen molar-refractivity contribution in [3.63, 3.8) is 0 Å². The first-order chi connectivity index (χ1) is 8.08. The van der Waals surface area contributed by atoms with Gasteiger partial charge >= 0.3 is 0 Å². The Labute approximate surface area is 102 Å². The van der Waals surface area contributed by atoms with E-state index in [4.69, 9.17) is 10.5 Å². The van der Waals surface area contributed by atoms with Crippen LogP contribution in [0.3, 0.4) is 0 Å². The summed E-state index contributed by atoms with van der Waals surface area (Å²) in [6, 6.07) is 5.37. The van der Waals surface area contributed by atoms with Crippen LogP contribution in [-0.2, 0) is 11.2 Å². The zero-order valence-electron chi connectivity index (χ0n) is 10.6. The van der Waals surface area contributed by atoms with Crippen LogP contribution in [0.25, 0.3) is 0 Å². The molecule has 0 saturated heterocycles. The highest BCUT2D eigenvalue weighted by Crippen LogP contribution is 2.19. The van der Waals surface area contributed by atoms with E-state index in [0.717, 1.165) is 16.9 Å². The number of hydrogen-bond donors (Lipinski definition) is 2. The van der Waals surface area contributed by atoms with Gasteiger partial charge in [-0.25, -0.2) is 0 Å². The maximum atomic E-state index is 11.3. The number of benzene rings is 1. The summed E-state index contributed by atoms with van der Waals surface area (Å²) in [6.45, 7) is 4.59. The minimum Gasteiger partial charge on any atom is -0.494 e. The fraction of sp³-hybridized carbons (Fsp3) is 0.462. The number of aryl methyl sites for hydroxylation is 1. The number of ether oxygens (including phenoxy) is 1. The lowest BCUT2D eigenvalue weighted by atomic mass is 10.0. The Kier molecular flexibility index (Phi) is 4.97. The lowest BCUT2D eigenvalue weighted by Gasteiger charge is -2.12. The number of rotatable bonds is 5. The Balaban J connectivity index is 2.73. The van der Waals surface area contributed by atoms with Gasteiger partial charge in [0.25, 0.3) is 0 Å². The molecule has 0 saturated carbocycles. The summed E-state index contributed by atoms with van der Waals surface area (Å²) in [5, 5.41) is 2.54. The summed E-state index contributed by atoms with van der Waals surface area (Å²) in [6.07, 6.45) is 0.535. The Bertz CT molecular complexity index is 391. The molecule has 0 radical (unpaired) electrons. The van der Waals surface area contributed by atoms with Gasteiger partial charge < -0.3 is 15.8 Å². The number of nitrogens with two attached hydrogens (primary N) is 1. The average molecular weight is 236 g/mol. The molecule has 94 valence electrons. The van der Waals surface area contributed by atoms with Gasteiger partial charge in [-0.15, -0.1) is 0 Å². The summed E-state index contributed by atoms with van der Waals surface area (Å²) in [4.78, 5) is 11.3. The third-order valence-electron chi connectivity index (χ3n) is 2.58. The van der Waals surface area contributed by atoms with Gasteiger partial charge in [0, 0.05) is 7.05 Å². The Morgan fingerprint density at radius 3 is 2.76 bits per heavy atom. The molecule has 17 heavy (non-hydrogen) atoms. The Morgan fingerprint density at radius 2 is 2.24 bits per heavy atom. The fourth-order valence-corrected chi connectivity index (χ4v) is 1.69. The third-order valence-corrected chi connectivity index (χ3v) is 2.58. The molecule has 1 atom stereocenters. The van der Waals surface area contributed by atoms with Crippen LogP contribution in [0.4, 0.5) is 0 Å². The van der Waals surface area contributed by atoms with Crippen LogP contribution in [0.2, 0.25) is 0 Å². The van der Waals surface area contributed by atoms with E-state index < -0.39 is 6.04 Å². The van der Waals surface area contributed by atoms with Crippen molar-refractivity contribution in [3.8, 4) is 5.75 Å². The van der Waals surface area contributed by atoms with Gasteiger partial charge in [0.2, 0.25) is 5.91 Å². The normalized spacial score (nSPS) is 12.0. The number of hydrogen-bond acceptors (Lipinski definition) is 3. The second kappa shape index (κ2) is 6.25. The Hall–Kier alpha value is -1.55. The average Bonchev–Trinajstić information content (AvgIpc) is 2.31. The van der Waals surface area contributed by atoms with Crippen LogP contribution in [-0.4, -0.2) is 25.6 Å². The van der Waals surface area contributed by atoms with Gasteiger partial charge in [0.05, 0.1) is 12.6 Å². The minimum absolute atomic E-state index is 0.142. The quantitative estimate of drug-likeness (QED) is 0.802. The molecule has 0 fully saturated rings. The second-order valence-electron chi connectivity index (χ2n) is 3.96. The molecule has 0 spiro atoms. The van der Waals surface area contributed by atoms with Gasteiger partial charge in [-0.1, -0.05) is 12.1 Å². The van der Waals surface area contributed by atoms with Crippen molar-refractivity contribution in [2.75, 3.05) is 13.7 Å². The summed E-state index contributed by atoms with van der Waals surface area (Å²) >= 11 is 0. The fourth-order valence-electron chi connectivity index (χ4n) is 1.69. The number of carbonyl (C=O) groups is 1. The molecule has 0 heterocycles. The highest BCUT2D eigenvalue weighted by Gasteiger charge is 2.12. The summed E-state index contributed by atoms with van der Waals surface area (Å²) in [5.41, 5.74) is 7.87. The van der Waals surface area contributed by atoms with Crippen LogP contribution in [0.5, 0.6) is 5.75 Å². The maximum Gasteiger partial charge on any atom is 0.237 e. The standard InChI is InChI=1S/C13H20N2O2/c1-4-17-12-6-5-10(7-9(12)2)8-11(14)13(16)15-3/h5-7,11H,4,8,14H2,1-3H3,(H,15,16). The van der Waals surface area contributed by atoms with E-state index in [1.165, 1.54) is 0 Å². The van der Waals surface area contributed by atoms with E-state index in [-0.39, 0.29) is 5.91 Å². The molecule has 1 aromatic rings. The van der Waals surface area contributed by atoms with Crippen LogP contribution in [0.15, 0.2) is 18.2 Å². The van der Waals surface area contributed by atoms with Crippen LogP contribution in [0.1, 0.15) is 18.1 Å². The summed E-state index contributed by atoms with van der Waals surface area (Å²) in [7, 11) is 1.59. The Morgan fingerprint density at radius 1 is 1.53 bits per heavy atom. The maximum absolute atomic E-state index is 11.3. The van der Waals surface area contributed by atoms with Crippen LogP contribution in [0, 0.1) is 6.92 Å². The lowest BCUT2D eigenvalue weighted by molar-refractivity contribution is -0.121. The molecule has 1 amide bonds. The second-order valence-corrected chi connectivity index (χ2v) is 3.96. The molecule has 1 unspecified atom stereocenters. The number of likely N-dealkylation sites (N-methyl/N-ethyl adjacent to an activating group) is 1. The van der Waals surface area contributed by atoms with E-state index in [1.807, 2.05) is 32.0 Å². The van der Waals surface area contributed by atoms with E-state index in [9.17, 15) is 4.79 Å². The van der Waals surface area contributed by atoms with Crippen molar-refractivity contribution in [2.45, 2.75) is 26.3 Å². The van der Waals surface area contributed by atoms with E-state index in [1.54, 1.807) is 7.05 Å². The van der Waals surface area contributed by atoms with Crippen molar-refractivity contribution in [1.82, 2.24) is 5.32 Å². The number of amides is 1. The van der Waals surface area contributed by atoms with Gasteiger partial charge in [-0.05, 0) is 37.5 Å². The summed E-state index contributed by atoms with van der Waals surface area (Å²) in [5.74, 6) is 0.737. The van der Waals surface area contributed by atoms with Crippen molar-refractivity contribution in [2.24, 2.45) is 5.73 Å². The SMILES string of the molecule is CCOc1ccc(CC(N)C(=O)NC)cc1C. The molecule has 0 aliphatic carbocycles. The molecule has 4 nitrogen and oxygen atoms in total. The van der Waals surface area contributed by atoms with Crippen molar-refractivity contribution in [3.05, 3.63) is 29.3 Å². The number of carbonyl (C=O) groups excluding carboxylic acids is 1.